The molecule has 1 aliphatic rings. The predicted molar refractivity (Wildman–Crippen MR) is 305 cm³/mol. The molecule has 0 saturated carbocycles. The highest BCUT2D eigenvalue weighted by atomic mass is 33.1. The number of benzene rings is 2. The number of nitrogens with two attached hydrogens (primary N) is 3. The van der Waals surface area contributed by atoms with Gasteiger partial charge in [-0.3, -0.25) is 48.3 Å². The number of para-hydroxylation sites is 2. The van der Waals surface area contributed by atoms with Gasteiger partial charge in [0.1, 0.15) is 42.3 Å². The molecule has 25 heteroatoms. The lowest BCUT2D eigenvalue weighted by atomic mass is 10.00. The van der Waals surface area contributed by atoms with E-state index in [1.807, 2.05) is 48.5 Å². The van der Waals surface area contributed by atoms with Crippen molar-refractivity contribution < 1.29 is 43.5 Å². The van der Waals surface area contributed by atoms with E-state index in [1.165, 1.54) is 20.2 Å². The molecule has 4 aromatic heterocycles. The molecule has 2 aromatic carbocycles. The third-order valence-electron chi connectivity index (χ3n) is 13.7. The molecule has 1 saturated heterocycles. The summed E-state index contributed by atoms with van der Waals surface area (Å²) in [5, 5.41) is 29.1. The molecule has 5 heterocycles. The van der Waals surface area contributed by atoms with Gasteiger partial charge in [-0.15, -0.1) is 0 Å². The van der Waals surface area contributed by atoms with E-state index < -0.39 is 102 Å². The van der Waals surface area contributed by atoms with Gasteiger partial charge in [0.15, 0.2) is 0 Å². The Morgan fingerprint density at radius 1 is 0.738 bits per heavy atom. The summed E-state index contributed by atoms with van der Waals surface area (Å²) in [5.74, 6) is -7.01. The van der Waals surface area contributed by atoms with Crippen LogP contribution in [0.4, 0.5) is 0 Å². The SMILES string of the molecule is C[C@H](O)[C@H]1NC(=O)[C@H](CCCCN)N(C)C(=O)[C@@H](Cc2c[nH]c3ccccc23)NC(=O)[C@H](Cc2cccnc2)NC(=O)[C@@H](NC(=O)[C@@H](N)Cc2cccnc2)CSSC[C@H](C(=O)N[C@@H](Cc2c[nH]c3ccccc23)C(N)=O)NC1=O. The monoisotopic (exact) mass is 1130 g/mol. The Morgan fingerprint density at radius 3 is 2.00 bits per heavy atom. The van der Waals surface area contributed by atoms with Crippen molar-refractivity contribution in [1.29, 1.82) is 0 Å². The number of hydrogen-bond donors (Lipinski definition) is 12. The Balaban J connectivity index is 1.26. The van der Waals surface area contributed by atoms with Gasteiger partial charge in [-0.2, -0.15) is 0 Å². The Hall–Kier alpha value is -7.84. The van der Waals surface area contributed by atoms with E-state index in [2.05, 4.69) is 51.8 Å². The van der Waals surface area contributed by atoms with E-state index >= 15 is 4.79 Å². The van der Waals surface area contributed by atoms with Crippen LogP contribution in [0.25, 0.3) is 21.8 Å². The normalized spacial score (nSPS) is 21.3. The molecule has 15 N–H and O–H groups in total. The van der Waals surface area contributed by atoms with E-state index in [0.29, 0.717) is 35.1 Å². The molecule has 0 spiro atoms. The summed E-state index contributed by atoms with van der Waals surface area (Å²) < 4.78 is 0. The van der Waals surface area contributed by atoms with Crippen molar-refractivity contribution in [1.82, 2.24) is 56.7 Å². The van der Waals surface area contributed by atoms with E-state index in [0.717, 1.165) is 48.3 Å². The maximum absolute atomic E-state index is 15.1. The summed E-state index contributed by atoms with van der Waals surface area (Å²) in [6.45, 7) is 1.52. The van der Waals surface area contributed by atoms with Crippen LogP contribution >= 0.6 is 21.6 Å². The average molecular weight is 1130 g/mol. The second-order valence-corrected chi connectivity index (χ2v) is 22.2. The Labute approximate surface area is 469 Å². The third kappa shape index (κ3) is 16.1. The van der Waals surface area contributed by atoms with Gasteiger partial charge in [-0.05, 0) is 85.7 Å². The quantitative estimate of drug-likeness (QED) is 0.0403. The fourth-order valence-corrected chi connectivity index (χ4v) is 11.6. The number of pyridine rings is 2. The molecule has 424 valence electrons. The second-order valence-electron chi connectivity index (χ2n) is 19.6. The van der Waals surface area contributed by atoms with Gasteiger partial charge in [0.2, 0.25) is 47.3 Å². The van der Waals surface area contributed by atoms with Crippen LogP contribution in [-0.4, -0.2) is 157 Å². The minimum Gasteiger partial charge on any atom is -0.391 e. The van der Waals surface area contributed by atoms with Gasteiger partial charge < -0.3 is 69.1 Å². The van der Waals surface area contributed by atoms with Crippen LogP contribution in [0.3, 0.4) is 0 Å². The van der Waals surface area contributed by atoms with Gasteiger partial charge in [-0.1, -0.05) is 70.1 Å². The molecular formula is C55H68N14O9S2. The Bertz CT molecular complexity index is 3110. The maximum Gasteiger partial charge on any atom is 0.245 e. The van der Waals surface area contributed by atoms with Gasteiger partial charge in [0, 0.05) is 96.8 Å². The number of unbranched alkanes of at least 4 members (excludes halogenated alkanes) is 1. The lowest BCUT2D eigenvalue weighted by Gasteiger charge is -2.33. The molecule has 1 fully saturated rings. The van der Waals surface area contributed by atoms with Crippen LogP contribution < -0.4 is 49.1 Å². The molecule has 0 radical (unpaired) electrons. The van der Waals surface area contributed by atoms with Crippen molar-refractivity contribution >= 4 is 90.7 Å². The van der Waals surface area contributed by atoms with E-state index in [9.17, 15) is 38.7 Å². The number of aromatic amines is 2. The molecule has 0 aliphatic carbocycles. The number of amides is 8. The van der Waals surface area contributed by atoms with Crippen molar-refractivity contribution in [3.05, 3.63) is 132 Å². The number of likely N-dealkylation sites (N-methyl/N-ethyl adjacent to an activating group) is 1. The zero-order chi connectivity index (χ0) is 57.3. The van der Waals surface area contributed by atoms with Crippen molar-refractivity contribution in [2.75, 3.05) is 25.1 Å². The Kier molecular flexibility index (Phi) is 21.6. The first-order valence-corrected chi connectivity index (χ1v) is 28.6. The highest BCUT2D eigenvalue weighted by Gasteiger charge is 2.39. The first-order valence-electron chi connectivity index (χ1n) is 26.1. The third-order valence-corrected chi connectivity index (χ3v) is 16.1. The minimum absolute atomic E-state index is 0.0281. The first-order chi connectivity index (χ1) is 38.5. The standard InChI is InChI=1S/C55H68N14O9S2/c1-31(70)47-54(77)67-45(51(74)63-41(48(58)71)23-34-27-61-39-15-5-3-13-36(34)39)30-80-79-29-44(66-49(72)38(57)21-32-11-9-19-59-25-32)52(75)64-42(22-33-12-10-20-60-26-33)50(73)65-43(24-35-28-62-40-16-6-4-14-37(35)40)55(78)69(2)46(53(76)68-47)17-7-8-18-56/h3-6,9-16,19-20,25-28,31,38,41-47,61-62,70H,7-8,17-18,21-24,29-30,56-57H2,1-2H3,(H2,58,71)(H,63,74)(H,64,75)(H,65,73)(H,66,72)(H,67,77)(H,68,76)/t31-,38-,41-,42-,43+,44-,45+,46-,47+/m0/s1. The van der Waals surface area contributed by atoms with E-state index in [-0.39, 0.29) is 50.2 Å². The molecule has 6 aromatic rings. The number of fused-ring (bicyclic) bond motifs is 2. The number of nitrogens with zero attached hydrogens (tertiary/aromatic N) is 3. The number of aromatic nitrogens is 4. The van der Waals surface area contributed by atoms with Crippen molar-refractivity contribution in [3.8, 4) is 0 Å². The summed E-state index contributed by atoms with van der Waals surface area (Å²) in [6.07, 6.45) is 8.69. The van der Waals surface area contributed by atoms with Crippen LogP contribution in [0.2, 0.25) is 0 Å². The smallest absolute Gasteiger partial charge is 0.245 e. The summed E-state index contributed by atoms with van der Waals surface area (Å²) in [7, 11) is 3.42. The van der Waals surface area contributed by atoms with Crippen LogP contribution in [0.15, 0.2) is 110 Å². The zero-order valence-electron chi connectivity index (χ0n) is 44.3. The number of carbonyl (C=O) groups is 8. The number of carbonyl (C=O) groups excluding carboxylic acids is 8. The van der Waals surface area contributed by atoms with Gasteiger partial charge in [0.05, 0.1) is 12.1 Å². The van der Waals surface area contributed by atoms with Crippen molar-refractivity contribution in [2.45, 2.75) is 106 Å². The van der Waals surface area contributed by atoms with Crippen molar-refractivity contribution in [2.24, 2.45) is 17.2 Å². The number of aliphatic hydroxyl groups excluding tert-OH is 1. The second kappa shape index (κ2) is 28.9. The first kappa shape index (κ1) is 59.8. The molecule has 0 unspecified atom stereocenters. The van der Waals surface area contributed by atoms with Crippen LogP contribution in [0.1, 0.15) is 48.4 Å². The van der Waals surface area contributed by atoms with Crippen LogP contribution in [0, 0.1) is 0 Å². The lowest BCUT2D eigenvalue weighted by Crippen LogP contribution is -2.62. The number of rotatable bonds is 18. The molecule has 9 atom stereocenters. The van der Waals surface area contributed by atoms with Gasteiger partial charge in [0.25, 0.3) is 0 Å². The van der Waals surface area contributed by atoms with Gasteiger partial charge in [-0.25, -0.2) is 0 Å². The molecular weight excluding hydrogens is 1060 g/mol. The molecule has 8 amide bonds. The maximum atomic E-state index is 15.1. The molecule has 1 aliphatic heterocycles. The fourth-order valence-electron chi connectivity index (χ4n) is 9.29. The number of aliphatic hydroxyl groups is 1. The van der Waals surface area contributed by atoms with E-state index in [1.54, 1.807) is 55.2 Å². The highest BCUT2D eigenvalue weighted by Crippen LogP contribution is 2.25. The zero-order valence-corrected chi connectivity index (χ0v) is 45.9. The van der Waals surface area contributed by atoms with Crippen LogP contribution in [-0.2, 0) is 64.0 Å². The van der Waals surface area contributed by atoms with E-state index in [4.69, 9.17) is 17.2 Å². The summed E-state index contributed by atoms with van der Waals surface area (Å²) >= 11 is 0. The number of H-pyrrole nitrogens is 2. The molecule has 23 nitrogen and oxygen atoms in total. The Morgan fingerprint density at radius 2 is 1.36 bits per heavy atom. The summed E-state index contributed by atoms with van der Waals surface area (Å²) in [5.41, 5.74) is 22.2. The lowest BCUT2D eigenvalue weighted by molar-refractivity contribution is -0.143. The summed E-state index contributed by atoms with van der Waals surface area (Å²) in [6, 6.07) is 10.4. The highest BCUT2D eigenvalue weighted by molar-refractivity contribution is 8.76. The predicted octanol–water partition coefficient (Wildman–Crippen LogP) is 0.163. The topological polar surface area (TPSA) is 368 Å². The largest absolute Gasteiger partial charge is 0.391 e. The summed E-state index contributed by atoms with van der Waals surface area (Å²) in [4.78, 5) is 131. The van der Waals surface area contributed by atoms with Gasteiger partial charge >= 0.3 is 0 Å². The number of nitrogens with one attached hydrogen (secondary N) is 8. The van der Waals surface area contributed by atoms with Crippen LogP contribution in [0.5, 0.6) is 0 Å². The number of primary amides is 1. The fraction of sp³-hybridized carbons (Fsp3) is 0.382. The number of hydrogen-bond acceptors (Lipinski definition) is 15. The average Bonchev–Trinajstić information content (AvgIpc) is 4.09. The van der Waals surface area contributed by atoms with Crippen molar-refractivity contribution in [3.63, 3.8) is 0 Å². The minimum atomic E-state index is -1.70. The molecule has 7 rings (SSSR count). The molecule has 0 bridgehead atoms. The molecule has 80 heavy (non-hydrogen) atoms.